The summed E-state index contributed by atoms with van der Waals surface area (Å²) in [5.41, 5.74) is 5.95. The number of rotatable bonds is 3. The third-order valence-corrected chi connectivity index (χ3v) is 3.52. The lowest BCUT2D eigenvalue weighted by Gasteiger charge is -2.20. The maximum absolute atomic E-state index is 12.0. The van der Waals surface area contributed by atoms with Crippen LogP contribution in [0.25, 0.3) is 0 Å². The van der Waals surface area contributed by atoms with Crippen molar-refractivity contribution in [3.63, 3.8) is 0 Å². The number of carbonyl (C=O) groups is 2. The van der Waals surface area contributed by atoms with Gasteiger partial charge >= 0.3 is 0 Å². The summed E-state index contributed by atoms with van der Waals surface area (Å²) in [6.07, 6.45) is 0. The molecule has 0 saturated carbocycles. The second kappa shape index (κ2) is 7.25. The third kappa shape index (κ3) is 5.98. The predicted octanol–water partition coefficient (Wildman–Crippen LogP) is 1.01. The number of aryl methyl sites for hydroxylation is 1. The molecule has 5 nitrogen and oxygen atoms in total. The predicted molar refractivity (Wildman–Crippen MR) is 85.2 cm³/mol. The van der Waals surface area contributed by atoms with E-state index in [-0.39, 0.29) is 30.4 Å². The van der Waals surface area contributed by atoms with E-state index in [1.165, 1.54) is 11.3 Å². The Morgan fingerprint density at radius 2 is 2.05 bits per heavy atom. The zero-order valence-electron chi connectivity index (χ0n) is 12.8. The summed E-state index contributed by atoms with van der Waals surface area (Å²) >= 11 is 1.30. The molecule has 0 bridgehead atoms. The van der Waals surface area contributed by atoms with E-state index in [2.05, 4.69) is 22.5 Å². The van der Waals surface area contributed by atoms with Crippen molar-refractivity contribution < 1.29 is 9.59 Å². The summed E-state index contributed by atoms with van der Waals surface area (Å²) < 4.78 is 0. The molecule has 2 amide bonds. The molecule has 4 N–H and O–H groups in total. The maximum Gasteiger partial charge on any atom is 0.261 e. The highest BCUT2D eigenvalue weighted by Crippen LogP contribution is 2.20. The smallest absolute Gasteiger partial charge is 0.261 e. The second-order valence-corrected chi connectivity index (χ2v) is 6.66. The van der Waals surface area contributed by atoms with Gasteiger partial charge in [0.05, 0.1) is 22.8 Å². The van der Waals surface area contributed by atoms with Gasteiger partial charge in [0.15, 0.2) is 0 Å². The molecule has 0 aliphatic carbocycles. The quantitative estimate of drug-likeness (QED) is 0.729. The van der Waals surface area contributed by atoms with Gasteiger partial charge in [0.25, 0.3) is 5.91 Å². The van der Waals surface area contributed by atoms with E-state index < -0.39 is 0 Å². The fraction of sp³-hybridized carbons (Fsp3) is 0.467. The number of carbonyl (C=O) groups excluding carboxylic acids is 2. The van der Waals surface area contributed by atoms with Gasteiger partial charge in [-0.25, -0.2) is 0 Å². The Hall–Kier alpha value is -1.84. The molecule has 21 heavy (non-hydrogen) atoms. The molecule has 1 rings (SSSR count). The fourth-order valence-corrected chi connectivity index (χ4v) is 2.52. The Bertz CT molecular complexity index is 588. The van der Waals surface area contributed by atoms with Gasteiger partial charge in [-0.05, 0) is 39.3 Å². The van der Waals surface area contributed by atoms with Crippen LogP contribution in [-0.4, -0.2) is 30.4 Å². The van der Waals surface area contributed by atoms with Crippen molar-refractivity contribution in [2.24, 2.45) is 5.73 Å². The Kier molecular flexibility index (Phi) is 5.94. The lowest BCUT2D eigenvalue weighted by Crippen LogP contribution is -2.45. The summed E-state index contributed by atoms with van der Waals surface area (Å²) in [7, 11) is 0. The van der Waals surface area contributed by atoms with E-state index in [1.54, 1.807) is 6.07 Å². The largest absolute Gasteiger partial charge is 0.350 e. The van der Waals surface area contributed by atoms with Crippen molar-refractivity contribution in [2.75, 3.05) is 13.1 Å². The maximum atomic E-state index is 12.0. The lowest BCUT2D eigenvalue weighted by atomic mass is 10.1. The van der Waals surface area contributed by atoms with Crippen LogP contribution in [0.3, 0.4) is 0 Å². The summed E-state index contributed by atoms with van der Waals surface area (Å²) in [5, 5.41) is 5.39. The molecule has 0 aromatic carbocycles. The first kappa shape index (κ1) is 17.2. The van der Waals surface area contributed by atoms with Gasteiger partial charge in [-0.15, -0.1) is 11.3 Å². The molecule has 0 aliphatic rings. The molecular formula is C15H21N3O2S. The molecule has 0 spiro atoms. The zero-order valence-corrected chi connectivity index (χ0v) is 13.6. The molecule has 0 unspecified atom stereocenters. The molecule has 0 atom stereocenters. The Morgan fingerprint density at radius 3 is 2.62 bits per heavy atom. The second-order valence-electron chi connectivity index (χ2n) is 5.61. The molecule has 0 aliphatic heterocycles. The van der Waals surface area contributed by atoms with Crippen molar-refractivity contribution in [1.82, 2.24) is 10.6 Å². The Morgan fingerprint density at radius 1 is 1.38 bits per heavy atom. The molecule has 0 radical (unpaired) electrons. The highest BCUT2D eigenvalue weighted by molar-refractivity contribution is 7.14. The first-order valence-corrected chi connectivity index (χ1v) is 7.43. The van der Waals surface area contributed by atoms with Gasteiger partial charge < -0.3 is 16.4 Å². The standard InChI is InChI=1S/C15H21N3O2S/c1-10-8-12(21-11(10)6-5-7-16)14(20)17-9-13(19)18-15(2,3)4/h8H,7,9,16H2,1-4H3,(H,17,20)(H,18,19). The normalized spacial score (nSPS) is 10.5. The highest BCUT2D eigenvalue weighted by Gasteiger charge is 2.16. The van der Waals surface area contributed by atoms with Crippen molar-refractivity contribution in [1.29, 1.82) is 0 Å². The van der Waals surface area contributed by atoms with Crippen molar-refractivity contribution >= 4 is 23.2 Å². The van der Waals surface area contributed by atoms with E-state index in [1.807, 2.05) is 27.7 Å². The van der Waals surface area contributed by atoms with Crippen LogP contribution in [0.15, 0.2) is 6.07 Å². The van der Waals surface area contributed by atoms with Crippen LogP contribution in [0.5, 0.6) is 0 Å². The minimum Gasteiger partial charge on any atom is -0.350 e. The first-order chi connectivity index (χ1) is 9.73. The number of thiophene rings is 1. The summed E-state index contributed by atoms with van der Waals surface area (Å²) in [6, 6.07) is 1.77. The summed E-state index contributed by atoms with van der Waals surface area (Å²) in [5.74, 6) is 5.21. The van der Waals surface area contributed by atoms with E-state index in [4.69, 9.17) is 5.73 Å². The molecule has 1 aromatic rings. The van der Waals surface area contributed by atoms with Gasteiger partial charge in [-0.2, -0.15) is 0 Å². The molecule has 0 fully saturated rings. The number of hydrogen-bond acceptors (Lipinski definition) is 4. The van der Waals surface area contributed by atoms with Crippen molar-refractivity contribution in [3.05, 3.63) is 21.4 Å². The van der Waals surface area contributed by atoms with Gasteiger partial charge in [0.2, 0.25) is 5.91 Å². The minimum absolute atomic E-state index is 0.0448. The molecule has 1 aromatic heterocycles. The molecule has 1 heterocycles. The Labute approximate surface area is 129 Å². The van der Waals surface area contributed by atoms with Crippen LogP contribution in [0.2, 0.25) is 0 Å². The number of amides is 2. The van der Waals surface area contributed by atoms with Crippen molar-refractivity contribution in [2.45, 2.75) is 33.2 Å². The Balaban J connectivity index is 2.62. The van der Waals surface area contributed by atoms with E-state index in [0.717, 1.165) is 10.4 Å². The fourth-order valence-electron chi connectivity index (χ4n) is 1.56. The average molecular weight is 307 g/mol. The van der Waals surface area contributed by atoms with Crippen LogP contribution < -0.4 is 16.4 Å². The van der Waals surface area contributed by atoms with Crippen LogP contribution >= 0.6 is 11.3 Å². The van der Waals surface area contributed by atoms with Crippen LogP contribution in [0.1, 0.15) is 40.9 Å². The number of nitrogens with two attached hydrogens (primary N) is 1. The molecule has 114 valence electrons. The zero-order chi connectivity index (χ0) is 16.0. The SMILES string of the molecule is Cc1cc(C(=O)NCC(=O)NC(C)(C)C)sc1C#CCN. The summed E-state index contributed by atoms with van der Waals surface area (Å²) in [6.45, 7) is 7.79. The van der Waals surface area contributed by atoms with Gasteiger partial charge in [0.1, 0.15) is 0 Å². The van der Waals surface area contributed by atoms with Gasteiger partial charge in [-0.3, -0.25) is 9.59 Å². The minimum atomic E-state index is -0.313. The van der Waals surface area contributed by atoms with Crippen molar-refractivity contribution in [3.8, 4) is 11.8 Å². The molecule has 6 heteroatoms. The summed E-state index contributed by atoms with van der Waals surface area (Å²) in [4.78, 5) is 25.0. The van der Waals surface area contributed by atoms with Gasteiger partial charge in [-0.1, -0.05) is 11.8 Å². The monoisotopic (exact) mass is 307 g/mol. The molecule has 0 saturated heterocycles. The average Bonchev–Trinajstić information content (AvgIpc) is 2.73. The van der Waals surface area contributed by atoms with Crippen LogP contribution in [0.4, 0.5) is 0 Å². The number of hydrogen-bond donors (Lipinski definition) is 3. The first-order valence-electron chi connectivity index (χ1n) is 6.61. The lowest BCUT2D eigenvalue weighted by molar-refractivity contribution is -0.121. The highest BCUT2D eigenvalue weighted by atomic mass is 32.1. The number of nitrogens with one attached hydrogen (secondary N) is 2. The third-order valence-electron chi connectivity index (χ3n) is 2.37. The van der Waals surface area contributed by atoms with Crippen LogP contribution in [0, 0.1) is 18.8 Å². The van der Waals surface area contributed by atoms with Crippen LogP contribution in [-0.2, 0) is 4.79 Å². The van der Waals surface area contributed by atoms with E-state index in [0.29, 0.717) is 4.88 Å². The van der Waals surface area contributed by atoms with Gasteiger partial charge in [0, 0.05) is 5.54 Å². The van der Waals surface area contributed by atoms with E-state index in [9.17, 15) is 9.59 Å². The van der Waals surface area contributed by atoms with E-state index >= 15 is 0 Å². The topological polar surface area (TPSA) is 84.2 Å². The molecular weight excluding hydrogens is 286 g/mol.